The number of rotatable bonds is 7. The number of thioether (sulfide) groups is 1. The van der Waals surface area contributed by atoms with Crippen LogP contribution in [0.3, 0.4) is 0 Å². The van der Waals surface area contributed by atoms with Crippen molar-refractivity contribution in [3.05, 3.63) is 29.6 Å². The van der Waals surface area contributed by atoms with Crippen molar-refractivity contribution in [2.45, 2.75) is 27.3 Å². The van der Waals surface area contributed by atoms with Crippen LogP contribution in [0, 0.1) is 12.8 Å². The van der Waals surface area contributed by atoms with Crippen molar-refractivity contribution in [2.75, 3.05) is 18.1 Å². The summed E-state index contributed by atoms with van der Waals surface area (Å²) in [6, 6.07) is 4.09. The summed E-state index contributed by atoms with van der Waals surface area (Å²) in [5.74, 6) is 3.23. The van der Waals surface area contributed by atoms with Gasteiger partial charge in [-0.1, -0.05) is 19.9 Å². The number of pyridine rings is 1. The molecule has 0 amide bonds. The van der Waals surface area contributed by atoms with E-state index < -0.39 is 0 Å². The van der Waals surface area contributed by atoms with Crippen LogP contribution < -0.4 is 5.32 Å². The smallest absolute Gasteiger partial charge is 0.0570 e. The molecule has 1 rings (SSSR count). The number of hydrogen-bond acceptors (Lipinski definition) is 3. The van der Waals surface area contributed by atoms with Gasteiger partial charge in [-0.2, -0.15) is 11.8 Å². The topological polar surface area (TPSA) is 24.9 Å². The third-order valence-electron chi connectivity index (χ3n) is 2.28. The maximum absolute atomic E-state index is 4.35. The molecule has 0 saturated heterocycles. The van der Waals surface area contributed by atoms with Crippen LogP contribution in [0.1, 0.15) is 25.1 Å². The van der Waals surface area contributed by atoms with E-state index in [0.717, 1.165) is 24.7 Å². The molecule has 16 heavy (non-hydrogen) atoms. The standard InChI is InChI=1S/C13H22N2S/c1-11(2)10-16-8-7-14-9-13-12(3)5-4-6-15-13/h4-6,11,14H,7-10H2,1-3H3. The Bertz CT molecular complexity index is 300. The highest BCUT2D eigenvalue weighted by Gasteiger charge is 1.98. The lowest BCUT2D eigenvalue weighted by Crippen LogP contribution is -2.18. The molecule has 0 aliphatic heterocycles. The molecule has 0 saturated carbocycles. The second-order valence-electron chi connectivity index (χ2n) is 4.41. The molecular weight excluding hydrogens is 216 g/mol. The van der Waals surface area contributed by atoms with Gasteiger partial charge in [-0.15, -0.1) is 0 Å². The molecule has 0 atom stereocenters. The molecule has 0 spiro atoms. The van der Waals surface area contributed by atoms with Crippen molar-refractivity contribution in [3.63, 3.8) is 0 Å². The van der Waals surface area contributed by atoms with Gasteiger partial charge in [0.05, 0.1) is 5.69 Å². The molecule has 90 valence electrons. The van der Waals surface area contributed by atoms with Gasteiger partial charge in [0, 0.05) is 25.0 Å². The van der Waals surface area contributed by atoms with E-state index in [9.17, 15) is 0 Å². The van der Waals surface area contributed by atoms with Crippen LogP contribution in [0.25, 0.3) is 0 Å². The Morgan fingerprint density at radius 2 is 2.25 bits per heavy atom. The first-order chi connectivity index (χ1) is 7.70. The van der Waals surface area contributed by atoms with Gasteiger partial charge in [-0.05, 0) is 30.2 Å². The average Bonchev–Trinajstić information content (AvgIpc) is 2.25. The summed E-state index contributed by atoms with van der Waals surface area (Å²) in [7, 11) is 0. The van der Waals surface area contributed by atoms with E-state index in [1.54, 1.807) is 0 Å². The third-order valence-corrected chi connectivity index (χ3v) is 3.68. The highest BCUT2D eigenvalue weighted by molar-refractivity contribution is 7.99. The van der Waals surface area contributed by atoms with E-state index in [1.165, 1.54) is 17.1 Å². The Labute approximate surface area is 103 Å². The zero-order valence-electron chi connectivity index (χ0n) is 10.5. The largest absolute Gasteiger partial charge is 0.310 e. The molecule has 0 aromatic carbocycles. The van der Waals surface area contributed by atoms with E-state index in [4.69, 9.17) is 0 Å². The fraction of sp³-hybridized carbons (Fsp3) is 0.615. The van der Waals surface area contributed by atoms with E-state index in [2.05, 4.69) is 37.1 Å². The van der Waals surface area contributed by atoms with E-state index in [0.29, 0.717) is 0 Å². The van der Waals surface area contributed by atoms with Gasteiger partial charge in [0.1, 0.15) is 0 Å². The maximum Gasteiger partial charge on any atom is 0.0570 e. The van der Waals surface area contributed by atoms with Gasteiger partial charge in [-0.3, -0.25) is 4.98 Å². The van der Waals surface area contributed by atoms with Gasteiger partial charge in [0.15, 0.2) is 0 Å². The normalized spacial score (nSPS) is 11.0. The number of hydrogen-bond donors (Lipinski definition) is 1. The van der Waals surface area contributed by atoms with Crippen molar-refractivity contribution < 1.29 is 0 Å². The lowest BCUT2D eigenvalue weighted by Gasteiger charge is -2.07. The van der Waals surface area contributed by atoms with Gasteiger partial charge >= 0.3 is 0 Å². The fourth-order valence-electron chi connectivity index (χ4n) is 1.37. The molecule has 1 N–H and O–H groups in total. The van der Waals surface area contributed by atoms with Crippen molar-refractivity contribution in [1.29, 1.82) is 0 Å². The molecule has 0 radical (unpaired) electrons. The Hall–Kier alpha value is -0.540. The highest BCUT2D eigenvalue weighted by Crippen LogP contribution is 2.06. The first-order valence-electron chi connectivity index (χ1n) is 5.89. The van der Waals surface area contributed by atoms with Crippen molar-refractivity contribution in [1.82, 2.24) is 10.3 Å². The summed E-state index contributed by atoms with van der Waals surface area (Å²) in [6.07, 6.45) is 1.86. The van der Waals surface area contributed by atoms with Crippen LogP contribution >= 0.6 is 11.8 Å². The fourth-order valence-corrected chi connectivity index (χ4v) is 2.30. The monoisotopic (exact) mass is 238 g/mol. The third kappa shape index (κ3) is 5.52. The first kappa shape index (κ1) is 13.5. The summed E-state index contributed by atoms with van der Waals surface area (Å²) < 4.78 is 0. The summed E-state index contributed by atoms with van der Waals surface area (Å²) >= 11 is 2.02. The minimum absolute atomic E-state index is 0.794. The minimum atomic E-state index is 0.794. The summed E-state index contributed by atoms with van der Waals surface area (Å²) in [5, 5.41) is 3.43. The molecule has 0 fully saturated rings. The van der Waals surface area contributed by atoms with Crippen molar-refractivity contribution >= 4 is 11.8 Å². The van der Waals surface area contributed by atoms with Crippen LogP contribution in [0.5, 0.6) is 0 Å². The Kier molecular flexibility index (Phi) is 6.50. The van der Waals surface area contributed by atoms with Crippen molar-refractivity contribution in [3.8, 4) is 0 Å². The van der Waals surface area contributed by atoms with E-state index in [1.807, 2.05) is 24.0 Å². The number of nitrogens with zero attached hydrogens (tertiary/aromatic N) is 1. The zero-order valence-corrected chi connectivity index (χ0v) is 11.3. The van der Waals surface area contributed by atoms with E-state index in [-0.39, 0.29) is 0 Å². The summed E-state index contributed by atoms with van der Waals surface area (Å²) in [6.45, 7) is 8.58. The van der Waals surface area contributed by atoms with Gasteiger partial charge in [-0.25, -0.2) is 0 Å². The molecular formula is C13H22N2S. The van der Waals surface area contributed by atoms with Crippen molar-refractivity contribution in [2.24, 2.45) is 5.92 Å². The molecule has 1 aromatic rings. The van der Waals surface area contributed by atoms with E-state index >= 15 is 0 Å². The quantitative estimate of drug-likeness (QED) is 0.739. The SMILES string of the molecule is Cc1cccnc1CNCCSCC(C)C. The predicted molar refractivity (Wildman–Crippen MR) is 72.8 cm³/mol. The number of nitrogens with one attached hydrogen (secondary N) is 1. The second-order valence-corrected chi connectivity index (χ2v) is 5.56. The Balaban J connectivity index is 2.10. The summed E-state index contributed by atoms with van der Waals surface area (Å²) in [4.78, 5) is 4.35. The second kappa shape index (κ2) is 7.69. The Morgan fingerprint density at radius 3 is 2.94 bits per heavy atom. The summed E-state index contributed by atoms with van der Waals surface area (Å²) in [5.41, 5.74) is 2.43. The lowest BCUT2D eigenvalue weighted by molar-refractivity contribution is 0.708. The van der Waals surface area contributed by atoms with Crippen LogP contribution in [-0.4, -0.2) is 23.0 Å². The molecule has 1 aromatic heterocycles. The number of aryl methyl sites for hydroxylation is 1. The first-order valence-corrected chi connectivity index (χ1v) is 7.04. The van der Waals surface area contributed by atoms with Crippen LogP contribution in [0.2, 0.25) is 0 Å². The molecule has 0 bridgehead atoms. The highest BCUT2D eigenvalue weighted by atomic mass is 32.2. The van der Waals surface area contributed by atoms with Crippen LogP contribution in [0.4, 0.5) is 0 Å². The van der Waals surface area contributed by atoms with Gasteiger partial charge < -0.3 is 5.32 Å². The average molecular weight is 238 g/mol. The lowest BCUT2D eigenvalue weighted by atomic mass is 10.2. The minimum Gasteiger partial charge on any atom is -0.310 e. The molecule has 0 unspecified atom stereocenters. The van der Waals surface area contributed by atoms with Gasteiger partial charge in [0.25, 0.3) is 0 Å². The molecule has 2 nitrogen and oxygen atoms in total. The Morgan fingerprint density at radius 1 is 1.44 bits per heavy atom. The molecule has 0 aliphatic carbocycles. The van der Waals surface area contributed by atoms with Crippen LogP contribution in [0.15, 0.2) is 18.3 Å². The molecule has 0 aliphatic rings. The predicted octanol–water partition coefficient (Wildman–Crippen LogP) is 2.87. The number of aromatic nitrogens is 1. The van der Waals surface area contributed by atoms with Crippen LogP contribution in [-0.2, 0) is 6.54 Å². The van der Waals surface area contributed by atoms with Gasteiger partial charge in [0.2, 0.25) is 0 Å². The molecule has 1 heterocycles. The molecule has 3 heteroatoms. The zero-order chi connectivity index (χ0) is 11.8. The maximum atomic E-state index is 4.35.